The fraction of sp³-hybridized carbons (Fsp3) is 0. The maximum Gasteiger partial charge on any atom is 0.0777 e. The average Bonchev–Trinajstić information content (AvgIpc) is 1.12. The summed E-state index contributed by atoms with van der Waals surface area (Å²) in [5.41, 5.74) is 0. The Hall–Kier alpha value is 0.260. The van der Waals surface area contributed by atoms with Crippen LogP contribution in [0.4, 0.5) is 0 Å². The van der Waals surface area contributed by atoms with E-state index < -0.39 is 20.5 Å². The highest BCUT2D eigenvalue weighted by molar-refractivity contribution is 2.16. The van der Waals surface area contributed by atoms with E-state index in [0.717, 1.165) is 0 Å². The number of hydrogen-bond donors (Lipinski definition) is 2. The second-order valence-corrected chi connectivity index (χ2v) is 2.38. The van der Waals surface area contributed by atoms with Gasteiger partial charge in [0.15, 0.2) is 0 Å². The average molecular weight is 201 g/mol. The smallest absolute Gasteiger partial charge is 0.0777 e. The Bertz CT molecular complexity index is 50.2. The van der Waals surface area contributed by atoms with Crippen LogP contribution in [0.25, 0.3) is 0 Å². The van der Waals surface area contributed by atoms with Crippen molar-refractivity contribution in [3.63, 3.8) is 0 Å². The van der Waals surface area contributed by atoms with E-state index in [-0.39, 0.29) is 0 Å². The first-order valence-corrected chi connectivity index (χ1v) is 3.79. The predicted octanol–water partition coefficient (Wildman–Crippen LogP) is -8.25. The van der Waals surface area contributed by atoms with Crippen LogP contribution in [0.2, 0.25) is 0 Å². The van der Waals surface area contributed by atoms with Crippen LogP contribution in [0.1, 0.15) is 0 Å². The molecule has 10 heavy (non-hydrogen) atoms. The molecule has 0 bridgehead atoms. The van der Waals surface area contributed by atoms with E-state index in [0.29, 0.717) is 0 Å². The van der Waals surface area contributed by atoms with Crippen molar-refractivity contribution in [1.29, 1.82) is 0 Å². The molecule has 0 atom stereocenters. The van der Waals surface area contributed by atoms with Gasteiger partial charge in [0, 0.05) is 0 Å². The van der Waals surface area contributed by atoms with Crippen LogP contribution < -0.4 is 28.0 Å². The van der Waals surface area contributed by atoms with Crippen molar-refractivity contribution in [2.75, 3.05) is 0 Å². The van der Waals surface area contributed by atoms with Crippen molar-refractivity contribution >= 4 is 0 Å². The monoisotopic (exact) mass is 200 g/mol. The lowest BCUT2D eigenvalue weighted by molar-refractivity contribution is -1.92. The normalized spacial score (nSPS) is 12.0. The molecule has 2 N–H and O–H groups in total. The highest BCUT2D eigenvalue weighted by Crippen LogP contribution is 1.61. The van der Waals surface area contributed by atoms with Gasteiger partial charge in [-0.15, -0.1) is 0 Å². The number of halogens is 2. The number of rotatable bonds is 0. The van der Waals surface area contributed by atoms with E-state index in [1.807, 2.05) is 0 Å². The van der Waals surface area contributed by atoms with E-state index >= 15 is 0 Å². The third-order valence-corrected chi connectivity index (χ3v) is 0. The Kier molecular flexibility index (Phi) is 5.42. The van der Waals surface area contributed by atoms with Crippen molar-refractivity contribution in [2.24, 2.45) is 0 Å². The fourth-order valence-corrected chi connectivity index (χ4v) is 0. The minimum Gasteiger partial charge on any atom is -0.183 e. The molecule has 0 saturated carbocycles. The van der Waals surface area contributed by atoms with Gasteiger partial charge in [0.2, 0.25) is 0 Å². The second-order valence-electron chi connectivity index (χ2n) is 0.792. The van der Waals surface area contributed by atoms with Crippen LogP contribution in [0.15, 0.2) is 0 Å². The molecule has 8 nitrogen and oxygen atoms in total. The van der Waals surface area contributed by atoms with Crippen molar-refractivity contribution in [1.82, 2.24) is 0 Å². The quantitative estimate of drug-likeness (QED) is 0.387. The minimum atomic E-state index is -4.69. The van der Waals surface area contributed by atoms with E-state index in [9.17, 15) is 0 Å². The summed E-state index contributed by atoms with van der Waals surface area (Å²) in [7, 11) is -9.39. The molecule has 0 aliphatic carbocycles. The molecule has 0 spiro atoms. The van der Waals surface area contributed by atoms with E-state index in [4.69, 9.17) is 37.3 Å². The van der Waals surface area contributed by atoms with Crippen LogP contribution in [0.3, 0.4) is 0 Å². The standard InChI is InChI=1S/2ClHO4/c2*2-1(3,4)5/h2*(H,2,3,4,5). The summed E-state index contributed by atoms with van der Waals surface area (Å²) in [6.45, 7) is 0. The largest absolute Gasteiger partial charge is 0.183 e. The molecule has 0 radical (unpaired) electrons. The van der Waals surface area contributed by atoms with Crippen molar-refractivity contribution < 1.29 is 57.8 Å². The summed E-state index contributed by atoms with van der Waals surface area (Å²) < 4.78 is 65.4. The molecule has 0 aromatic carbocycles. The topological polar surface area (TPSA) is 179 Å². The molecule has 0 heterocycles. The summed E-state index contributed by atoms with van der Waals surface area (Å²) in [6.07, 6.45) is 0. The first kappa shape index (κ1) is 12.9. The Labute approximate surface area is 58.7 Å². The summed E-state index contributed by atoms with van der Waals surface area (Å²) in [4.78, 5) is 0. The molecule has 0 rings (SSSR count). The van der Waals surface area contributed by atoms with Crippen LogP contribution in [-0.4, -0.2) is 9.32 Å². The maximum absolute atomic E-state index is 8.60. The zero-order valence-electron chi connectivity index (χ0n) is 4.10. The maximum atomic E-state index is 8.60. The van der Waals surface area contributed by atoms with Crippen LogP contribution >= 0.6 is 0 Å². The van der Waals surface area contributed by atoms with Gasteiger partial charge in [-0.2, -0.15) is 28.0 Å². The molecule has 0 aliphatic rings. The molecule has 0 fully saturated rings. The molecule has 0 aromatic heterocycles. The SMILES string of the molecule is [O-][Cl+3]([O-])([O-])O.[O-][Cl+3]([O-])([O-])O. The molecule has 10 heteroatoms. The lowest BCUT2D eigenvalue weighted by Gasteiger charge is -2.03. The van der Waals surface area contributed by atoms with Gasteiger partial charge in [0.05, 0.1) is 29.8 Å². The fourth-order valence-electron chi connectivity index (χ4n) is 0. The van der Waals surface area contributed by atoms with Gasteiger partial charge < -0.3 is 0 Å². The Morgan fingerprint density at radius 3 is 0.600 bits per heavy atom. The first-order chi connectivity index (χ1) is 4.00. The van der Waals surface area contributed by atoms with Gasteiger partial charge in [-0.25, -0.2) is 0 Å². The van der Waals surface area contributed by atoms with E-state index in [1.165, 1.54) is 0 Å². The Balaban J connectivity index is 0. The second kappa shape index (κ2) is 4.20. The molecule has 0 unspecified atom stereocenters. The van der Waals surface area contributed by atoms with Gasteiger partial charge >= 0.3 is 0 Å². The lowest BCUT2D eigenvalue weighted by atomic mass is 15.8. The van der Waals surface area contributed by atoms with Crippen molar-refractivity contribution in [3.05, 3.63) is 0 Å². The Morgan fingerprint density at radius 1 is 0.600 bits per heavy atom. The van der Waals surface area contributed by atoms with Crippen molar-refractivity contribution in [3.8, 4) is 0 Å². The molecule has 0 aliphatic heterocycles. The molecule has 0 amide bonds. The molecular formula is H2Cl2O8. The molecule has 0 aromatic rings. The van der Waals surface area contributed by atoms with Gasteiger partial charge in [-0.1, -0.05) is 0 Å². The summed E-state index contributed by atoms with van der Waals surface area (Å²) >= 11 is 0. The zero-order valence-corrected chi connectivity index (χ0v) is 5.61. The third-order valence-electron chi connectivity index (χ3n) is 0. The van der Waals surface area contributed by atoms with Crippen LogP contribution in [0.5, 0.6) is 0 Å². The van der Waals surface area contributed by atoms with Crippen molar-refractivity contribution in [2.45, 2.75) is 0 Å². The number of hydrogen-bond acceptors (Lipinski definition) is 8. The predicted molar refractivity (Wildman–Crippen MR) is 4.44 cm³/mol. The zero-order chi connectivity index (χ0) is 9.00. The molecular weight excluding hydrogens is 199 g/mol. The first-order valence-electron chi connectivity index (χ1n) is 1.26. The lowest BCUT2D eigenvalue weighted by Crippen LogP contribution is -2.58. The molecule has 0 saturated heterocycles. The molecule has 64 valence electrons. The minimum absolute atomic E-state index is 4.69. The third kappa shape index (κ3) is 6440. The van der Waals surface area contributed by atoms with Gasteiger partial charge in [-0.3, -0.25) is 0 Å². The highest BCUT2D eigenvalue weighted by atomic mass is 35.7. The van der Waals surface area contributed by atoms with Gasteiger partial charge in [0.1, 0.15) is 0 Å². The van der Waals surface area contributed by atoms with Crippen LogP contribution in [-0.2, 0) is 0 Å². The summed E-state index contributed by atoms with van der Waals surface area (Å²) in [6, 6.07) is 0. The van der Waals surface area contributed by atoms with Crippen LogP contribution in [0, 0.1) is 20.5 Å². The van der Waals surface area contributed by atoms with E-state index in [1.54, 1.807) is 0 Å². The summed E-state index contributed by atoms with van der Waals surface area (Å²) in [5.74, 6) is 0. The van der Waals surface area contributed by atoms with Gasteiger partial charge in [-0.05, 0) is 0 Å². The van der Waals surface area contributed by atoms with Gasteiger partial charge in [0.25, 0.3) is 0 Å². The Morgan fingerprint density at radius 2 is 0.600 bits per heavy atom. The summed E-state index contributed by atoms with van der Waals surface area (Å²) in [5, 5.41) is 0. The highest BCUT2D eigenvalue weighted by Gasteiger charge is 1.99. The van der Waals surface area contributed by atoms with E-state index in [2.05, 4.69) is 0 Å².